The zero-order valence-electron chi connectivity index (χ0n) is 8.68. The number of thiazole rings is 1. The normalized spacial score (nSPS) is 17.4. The molecule has 0 fully saturated rings. The van der Waals surface area contributed by atoms with Gasteiger partial charge in [0.1, 0.15) is 15.4 Å². The molecule has 1 heterocycles. The Hall–Kier alpha value is -0.200. The lowest BCUT2D eigenvalue weighted by Gasteiger charge is -2.21. The Labute approximate surface area is 98.0 Å². The summed E-state index contributed by atoms with van der Waals surface area (Å²) >= 11 is 7.11. The Morgan fingerprint density at radius 3 is 2.73 bits per heavy atom. The maximum absolute atomic E-state index is 9.31. The molecule has 0 amide bonds. The molecular formula is C9H15ClN2O2S. The Kier molecular flexibility index (Phi) is 4.95. The van der Waals surface area contributed by atoms with Crippen LogP contribution in [0.25, 0.3) is 0 Å². The smallest absolute Gasteiger partial charge is 0.124 e. The van der Waals surface area contributed by atoms with Crippen molar-refractivity contribution in [3.05, 3.63) is 15.5 Å². The largest absolute Gasteiger partial charge is 0.391 e. The highest BCUT2D eigenvalue weighted by atomic mass is 35.5. The number of ether oxygens (including phenoxy) is 1. The molecule has 6 heteroatoms. The molecule has 3 unspecified atom stereocenters. The molecule has 0 spiro atoms. The molecule has 3 atom stereocenters. The van der Waals surface area contributed by atoms with Gasteiger partial charge in [-0.05, 0) is 13.8 Å². The Morgan fingerprint density at radius 1 is 1.67 bits per heavy atom. The van der Waals surface area contributed by atoms with E-state index < -0.39 is 6.10 Å². The molecule has 1 aromatic heterocycles. The minimum Gasteiger partial charge on any atom is -0.391 e. The highest BCUT2D eigenvalue weighted by Crippen LogP contribution is 2.26. The van der Waals surface area contributed by atoms with E-state index in [0.717, 1.165) is 5.01 Å². The van der Waals surface area contributed by atoms with Crippen molar-refractivity contribution in [1.82, 2.24) is 4.98 Å². The maximum Gasteiger partial charge on any atom is 0.124 e. The molecule has 0 saturated heterocycles. The summed E-state index contributed by atoms with van der Waals surface area (Å²) in [5.41, 5.74) is 5.58. The van der Waals surface area contributed by atoms with Gasteiger partial charge in [0.2, 0.25) is 0 Å². The van der Waals surface area contributed by atoms with E-state index in [1.54, 1.807) is 20.0 Å². The number of nitrogens with zero attached hydrogens (tertiary/aromatic N) is 1. The second-order valence-electron chi connectivity index (χ2n) is 3.31. The van der Waals surface area contributed by atoms with Crippen molar-refractivity contribution in [3.8, 4) is 0 Å². The minimum absolute atomic E-state index is 0.277. The van der Waals surface area contributed by atoms with Gasteiger partial charge in [-0.2, -0.15) is 0 Å². The first kappa shape index (κ1) is 12.9. The van der Waals surface area contributed by atoms with Crippen LogP contribution in [0.15, 0.2) is 6.20 Å². The molecule has 0 radical (unpaired) electrons. The van der Waals surface area contributed by atoms with E-state index in [1.165, 1.54) is 11.3 Å². The number of aromatic nitrogens is 1. The standard InChI is InChI=1S/C9H15ClN2O2S/c1-5(13)6(2)14-7(3-11)9-12-4-8(10)15-9/h4-7,13H,3,11H2,1-2H3. The average Bonchev–Trinajstić information content (AvgIpc) is 2.60. The van der Waals surface area contributed by atoms with Gasteiger partial charge in [0, 0.05) is 6.54 Å². The Morgan fingerprint density at radius 2 is 2.33 bits per heavy atom. The second kappa shape index (κ2) is 5.77. The van der Waals surface area contributed by atoms with Crippen LogP contribution in [0.5, 0.6) is 0 Å². The number of hydrogen-bond acceptors (Lipinski definition) is 5. The van der Waals surface area contributed by atoms with E-state index in [-0.39, 0.29) is 12.2 Å². The van der Waals surface area contributed by atoms with Crippen molar-refractivity contribution in [2.75, 3.05) is 6.54 Å². The zero-order valence-corrected chi connectivity index (χ0v) is 10.3. The van der Waals surface area contributed by atoms with Gasteiger partial charge in [-0.25, -0.2) is 4.98 Å². The SMILES string of the molecule is CC(O)C(C)OC(CN)c1ncc(Cl)s1. The van der Waals surface area contributed by atoms with E-state index in [2.05, 4.69) is 4.98 Å². The van der Waals surface area contributed by atoms with E-state index >= 15 is 0 Å². The molecule has 0 aliphatic carbocycles. The Bertz CT molecular complexity index is 306. The molecule has 4 nitrogen and oxygen atoms in total. The first-order valence-electron chi connectivity index (χ1n) is 4.69. The number of hydrogen-bond donors (Lipinski definition) is 2. The van der Waals surface area contributed by atoms with Crippen LogP contribution in [-0.2, 0) is 4.74 Å². The molecule has 0 aromatic carbocycles. The molecule has 0 saturated carbocycles. The molecule has 0 aliphatic heterocycles. The predicted molar refractivity (Wildman–Crippen MR) is 61.1 cm³/mol. The summed E-state index contributed by atoms with van der Waals surface area (Å²) in [6.07, 6.45) is 0.462. The van der Waals surface area contributed by atoms with Gasteiger partial charge in [0.15, 0.2) is 0 Å². The molecule has 1 aromatic rings. The summed E-state index contributed by atoms with van der Waals surface area (Å²) in [6.45, 7) is 3.79. The molecule has 0 bridgehead atoms. The third-order valence-corrected chi connectivity index (χ3v) is 3.25. The monoisotopic (exact) mass is 250 g/mol. The number of halogens is 1. The van der Waals surface area contributed by atoms with Gasteiger partial charge in [-0.15, -0.1) is 11.3 Å². The lowest BCUT2D eigenvalue weighted by atomic mass is 10.2. The van der Waals surface area contributed by atoms with Gasteiger partial charge < -0.3 is 15.6 Å². The van der Waals surface area contributed by atoms with Crippen LogP contribution in [0.1, 0.15) is 25.0 Å². The molecule has 15 heavy (non-hydrogen) atoms. The fourth-order valence-corrected chi connectivity index (χ4v) is 1.98. The summed E-state index contributed by atoms with van der Waals surface area (Å²) < 4.78 is 6.18. The second-order valence-corrected chi connectivity index (χ2v) is 5.00. The van der Waals surface area contributed by atoms with E-state index in [4.69, 9.17) is 22.1 Å². The van der Waals surface area contributed by atoms with Crippen molar-refractivity contribution in [1.29, 1.82) is 0 Å². The summed E-state index contributed by atoms with van der Waals surface area (Å²) in [4.78, 5) is 4.10. The van der Waals surface area contributed by atoms with Crippen molar-refractivity contribution < 1.29 is 9.84 Å². The summed E-state index contributed by atoms with van der Waals surface area (Å²) in [5, 5.41) is 10.1. The van der Waals surface area contributed by atoms with Crippen LogP contribution in [-0.4, -0.2) is 28.8 Å². The van der Waals surface area contributed by atoms with Gasteiger partial charge in [-0.3, -0.25) is 0 Å². The van der Waals surface area contributed by atoms with Crippen molar-refractivity contribution in [2.24, 2.45) is 5.73 Å². The van der Waals surface area contributed by atoms with E-state index in [0.29, 0.717) is 10.9 Å². The molecule has 1 rings (SSSR count). The summed E-state index contributed by atoms with van der Waals surface area (Å²) in [6, 6.07) is 0. The molecule has 3 N–H and O–H groups in total. The lowest BCUT2D eigenvalue weighted by molar-refractivity contribution is -0.0592. The highest BCUT2D eigenvalue weighted by Gasteiger charge is 2.19. The van der Waals surface area contributed by atoms with Crippen LogP contribution in [0.3, 0.4) is 0 Å². The number of aliphatic hydroxyl groups excluding tert-OH is 1. The maximum atomic E-state index is 9.31. The zero-order chi connectivity index (χ0) is 11.4. The van der Waals surface area contributed by atoms with E-state index in [1.807, 2.05) is 0 Å². The quantitative estimate of drug-likeness (QED) is 0.833. The van der Waals surface area contributed by atoms with Gasteiger partial charge in [0.05, 0.1) is 18.4 Å². The molecular weight excluding hydrogens is 236 g/mol. The van der Waals surface area contributed by atoms with Crippen LogP contribution >= 0.6 is 22.9 Å². The van der Waals surface area contributed by atoms with Crippen molar-refractivity contribution in [2.45, 2.75) is 32.2 Å². The summed E-state index contributed by atoms with van der Waals surface area (Å²) in [7, 11) is 0. The number of nitrogens with two attached hydrogens (primary N) is 1. The van der Waals surface area contributed by atoms with Crippen LogP contribution in [0.4, 0.5) is 0 Å². The van der Waals surface area contributed by atoms with Gasteiger partial charge >= 0.3 is 0 Å². The van der Waals surface area contributed by atoms with Gasteiger partial charge in [-0.1, -0.05) is 11.6 Å². The molecule has 86 valence electrons. The molecule has 0 aliphatic rings. The predicted octanol–water partition coefficient (Wildman–Crippen LogP) is 1.58. The number of rotatable bonds is 5. The van der Waals surface area contributed by atoms with E-state index in [9.17, 15) is 5.11 Å². The third kappa shape index (κ3) is 3.70. The number of aliphatic hydroxyl groups is 1. The van der Waals surface area contributed by atoms with Crippen LogP contribution in [0, 0.1) is 0 Å². The first-order chi connectivity index (χ1) is 7.04. The third-order valence-electron chi connectivity index (χ3n) is 2.04. The lowest BCUT2D eigenvalue weighted by Crippen LogP contribution is -2.28. The van der Waals surface area contributed by atoms with Crippen molar-refractivity contribution >= 4 is 22.9 Å². The van der Waals surface area contributed by atoms with Crippen LogP contribution in [0.2, 0.25) is 4.34 Å². The average molecular weight is 251 g/mol. The van der Waals surface area contributed by atoms with Crippen molar-refractivity contribution in [3.63, 3.8) is 0 Å². The topological polar surface area (TPSA) is 68.4 Å². The first-order valence-corrected chi connectivity index (χ1v) is 5.88. The Balaban J connectivity index is 2.64. The highest BCUT2D eigenvalue weighted by molar-refractivity contribution is 7.15. The minimum atomic E-state index is -0.533. The van der Waals surface area contributed by atoms with Gasteiger partial charge in [0.25, 0.3) is 0 Å². The fraction of sp³-hybridized carbons (Fsp3) is 0.667. The fourth-order valence-electron chi connectivity index (χ4n) is 1.00. The van der Waals surface area contributed by atoms with Crippen LogP contribution < -0.4 is 5.73 Å². The summed E-state index contributed by atoms with van der Waals surface area (Å²) in [5.74, 6) is 0.